The first kappa shape index (κ1) is 20.8. The van der Waals surface area contributed by atoms with Crippen molar-refractivity contribution in [2.24, 2.45) is 0 Å². The van der Waals surface area contributed by atoms with Gasteiger partial charge in [-0.1, -0.05) is 66.7 Å². The van der Waals surface area contributed by atoms with Crippen molar-refractivity contribution in [3.8, 4) is 11.1 Å². The Morgan fingerprint density at radius 3 is 2.09 bits per heavy atom. The molecule has 0 saturated heterocycles. The van der Waals surface area contributed by atoms with Gasteiger partial charge in [-0.15, -0.1) is 0 Å². The number of benzene rings is 3. The molecule has 0 aromatic heterocycles. The zero-order valence-electron chi connectivity index (χ0n) is 17.7. The minimum atomic E-state index is -1.26. The molecule has 1 aliphatic carbocycles. The predicted molar refractivity (Wildman–Crippen MR) is 122 cm³/mol. The molecule has 0 radical (unpaired) electrons. The van der Waals surface area contributed by atoms with Crippen molar-refractivity contribution >= 4 is 23.7 Å². The van der Waals surface area contributed by atoms with Crippen LogP contribution in [0.1, 0.15) is 34.9 Å². The number of rotatable bonds is 6. The summed E-state index contributed by atoms with van der Waals surface area (Å²) >= 11 is 0. The SMILES string of the molecule is O=C(N[C@H](CC1C(=O)Nc2ccccc21)C(=O)O)OCC1c2ccccc2-c2ccccc21. The van der Waals surface area contributed by atoms with Crippen molar-refractivity contribution in [2.75, 3.05) is 11.9 Å². The lowest BCUT2D eigenvalue weighted by Gasteiger charge is -2.19. The molecule has 5 rings (SSSR count). The van der Waals surface area contributed by atoms with Crippen LogP contribution in [-0.4, -0.2) is 35.7 Å². The fourth-order valence-corrected chi connectivity index (χ4v) is 4.75. The van der Waals surface area contributed by atoms with E-state index in [0.717, 1.165) is 27.8 Å². The topological polar surface area (TPSA) is 105 Å². The third-order valence-corrected chi connectivity index (χ3v) is 6.32. The summed E-state index contributed by atoms with van der Waals surface area (Å²) in [4.78, 5) is 36.7. The molecule has 0 saturated carbocycles. The number of ether oxygens (including phenoxy) is 1. The number of nitrogens with one attached hydrogen (secondary N) is 2. The van der Waals surface area contributed by atoms with Gasteiger partial charge in [0.05, 0.1) is 5.92 Å². The number of amides is 2. The van der Waals surface area contributed by atoms with Gasteiger partial charge in [-0.2, -0.15) is 0 Å². The van der Waals surface area contributed by atoms with Gasteiger partial charge in [0.1, 0.15) is 12.6 Å². The number of aliphatic carboxylic acids is 1. The number of alkyl carbamates (subject to hydrolysis) is 1. The molecular weight excluding hydrogens is 420 g/mol. The second-order valence-corrected chi connectivity index (χ2v) is 8.23. The number of carbonyl (C=O) groups excluding carboxylic acids is 2. The van der Waals surface area contributed by atoms with Gasteiger partial charge in [0.2, 0.25) is 5.91 Å². The van der Waals surface area contributed by atoms with Crippen molar-refractivity contribution in [1.82, 2.24) is 5.32 Å². The molecule has 1 heterocycles. The summed E-state index contributed by atoms with van der Waals surface area (Å²) in [5.74, 6) is -2.28. The Labute approximate surface area is 190 Å². The highest BCUT2D eigenvalue weighted by Gasteiger charge is 2.35. The van der Waals surface area contributed by atoms with Crippen molar-refractivity contribution in [3.63, 3.8) is 0 Å². The Morgan fingerprint density at radius 2 is 1.45 bits per heavy atom. The quantitative estimate of drug-likeness (QED) is 0.533. The second-order valence-electron chi connectivity index (χ2n) is 8.23. The number of carboxylic acids is 1. The van der Waals surface area contributed by atoms with Crippen LogP contribution in [0.25, 0.3) is 11.1 Å². The van der Waals surface area contributed by atoms with Gasteiger partial charge >= 0.3 is 12.1 Å². The summed E-state index contributed by atoms with van der Waals surface area (Å²) < 4.78 is 5.47. The Balaban J connectivity index is 1.27. The molecule has 3 N–H and O–H groups in total. The van der Waals surface area contributed by atoms with E-state index in [4.69, 9.17) is 4.74 Å². The number of hydrogen-bond acceptors (Lipinski definition) is 4. The van der Waals surface area contributed by atoms with Crippen molar-refractivity contribution in [1.29, 1.82) is 0 Å². The molecule has 0 fully saturated rings. The van der Waals surface area contributed by atoms with Gasteiger partial charge in [0.25, 0.3) is 0 Å². The van der Waals surface area contributed by atoms with Crippen molar-refractivity contribution in [2.45, 2.75) is 24.3 Å². The van der Waals surface area contributed by atoms with E-state index in [2.05, 4.69) is 10.6 Å². The van der Waals surface area contributed by atoms with Crippen LogP contribution in [0.3, 0.4) is 0 Å². The van der Waals surface area contributed by atoms with Gasteiger partial charge in [0, 0.05) is 11.6 Å². The van der Waals surface area contributed by atoms with Crippen LogP contribution < -0.4 is 10.6 Å². The van der Waals surface area contributed by atoms with Gasteiger partial charge in [-0.25, -0.2) is 9.59 Å². The molecule has 1 aliphatic heterocycles. The van der Waals surface area contributed by atoms with E-state index in [1.165, 1.54) is 0 Å². The van der Waals surface area contributed by atoms with Crippen LogP contribution in [0, 0.1) is 0 Å². The predicted octanol–water partition coefficient (Wildman–Crippen LogP) is 4.10. The lowest BCUT2D eigenvalue weighted by molar-refractivity contribution is -0.139. The van der Waals surface area contributed by atoms with E-state index < -0.39 is 24.0 Å². The highest BCUT2D eigenvalue weighted by atomic mass is 16.5. The molecule has 3 aromatic carbocycles. The second kappa shape index (κ2) is 8.43. The average Bonchev–Trinajstić information content (AvgIpc) is 3.31. The number of fused-ring (bicyclic) bond motifs is 4. The highest BCUT2D eigenvalue weighted by molar-refractivity contribution is 6.03. The van der Waals surface area contributed by atoms with Gasteiger partial charge in [-0.3, -0.25) is 4.79 Å². The summed E-state index contributed by atoms with van der Waals surface area (Å²) in [7, 11) is 0. The molecule has 7 nitrogen and oxygen atoms in total. The summed E-state index contributed by atoms with van der Waals surface area (Å²) in [5.41, 5.74) is 5.75. The lowest BCUT2D eigenvalue weighted by atomic mass is 9.93. The minimum Gasteiger partial charge on any atom is -0.480 e. The monoisotopic (exact) mass is 442 g/mol. The van der Waals surface area contributed by atoms with Crippen molar-refractivity contribution in [3.05, 3.63) is 89.5 Å². The Kier molecular flexibility index (Phi) is 5.30. The fraction of sp³-hybridized carbons (Fsp3) is 0.192. The number of carboxylic acid groups (broad SMARTS) is 1. The lowest BCUT2D eigenvalue weighted by Crippen LogP contribution is -2.43. The molecule has 33 heavy (non-hydrogen) atoms. The first-order valence-corrected chi connectivity index (χ1v) is 10.8. The van der Waals surface area contributed by atoms with E-state index in [1.54, 1.807) is 24.3 Å². The van der Waals surface area contributed by atoms with Crippen LogP contribution in [0.2, 0.25) is 0 Å². The van der Waals surface area contributed by atoms with E-state index in [9.17, 15) is 19.5 Å². The molecule has 1 unspecified atom stereocenters. The average molecular weight is 442 g/mol. The number of para-hydroxylation sites is 1. The maximum atomic E-state index is 12.5. The Bertz CT molecular complexity index is 1210. The standard InChI is InChI=1S/C26H22N2O5/c29-24-20(19-11-5-6-12-22(19)27-24)13-23(25(30)31)28-26(32)33-14-21-17-9-3-1-7-15(17)16-8-2-4-10-18(16)21/h1-12,20-21,23H,13-14H2,(H,27,29)(H,28,32)(H,30,31)/t20?,23-/m1/s1. The molecule has 7 heteroatoms. The van der Waals surface area contributed by atoms with E-state index in [-0.39, 0.29) is 24.9 Å². The van der Waals surface area contributed by atoms with Crippen LogP contribution >= 0.6 is 0 Å². The van der Waals surface area contributed by atoms with Crippen LogP contribution in [0.15, 0.2) is 72.8 Å². The summed E-state index contributed by atoms with van der Waals surface area (Å²) in [6.45, 7) is 0.0823. The van der Waals surface area contributed by atoms with E-state index in [0.29, 0.717) is 5.69 Å². The zero-order valence-corrected chi connectivity index (χ0v) is 17.7. The molecule has 3 aromatic rings. The number of hydrogen-bond donors (Lipinski definition) is 3. The normalized spacial score (nSPS) is 16.8. The van der Waals surface area contributed by atoms with E-state index >= 15 is 0 Å². The number of anilines is 1. The van der Waals surface area contributed by atoms with Gasteiger partial charge in [-0.05, 0) is 40.3 Å². The summed E-state index contributed by atoms with van der Waals surface area (Å²) in [5, 5.41) is 14.8. The summed E-state index contributed by atoms with van der Waals surface area (Å²) in [6, 6.07) is 21.8. The van der Waals surface area contributed by atoms with Gasteiger partial charge < -0.3 is 20.5 Å². The smallest absolute Gasteiger partial charge is 0.407 e. The third kappa shape index (κ3) is 3.82. The molecule has 2 aliphatic rings. The molecule has 0 bridgehead atoms. The minimum absolute atomic E-state index is 0.0671. The van der Waals surface area contributed by atoms with Crippen LogP contribution in [-0.2, 0) is 14.3 Å². The van der Waals surface area contributed by atoms with Crippen molar-refractivity contribution < 1.29 is 24.2 Å². The fourth-order valence-electron chi connectivity index (χ4n) is 4.75. The first-order chi connectivity index (χ1) is 16.0. The Morgan fingerprint density at radius 1 is 0.879 bits per heavy atom. The number of carbonyl (C=O) groups is 3. The van der Waals surface area contributed by atoms with Gasteiger partial charge in [0.15, 0.2) is 0 Å². The van der Waals surface area contributed by atoms with Crippen LogP contribution in [0.5, 0.6) is 0 Å². The molecule has 2 amide bonds. The van der Waals surface area contributed by atoms with Crippen LogP contribution in [0.4, 0.5) is 10.5 Å². The Hall–Kier alpha value is -4.13. The van der Waals surface area contributed by atoms with E-state index in [1.807, 2.05) is 48.5 Å². The molecule has 166 valence electrons. The molecular formula is C26H22N2O5. The highest BCUT2D eigenvalue weighted by Crippen LogP contribution is 2.44. The zero-order chi connectivity index (χ0) is 22.9. The maximum absolute atomic E-state index is 12.5. The molecule has 2 atom stereocenters. The molecule has 0 spiro atoms. The first-order valence-electron chi connectivity index (χ1n) is 10.8. The largest absolute Gasteiger partial charge is 0.480 e. The third-order valence-electron chi connectivity index (χ3n) is 6.32. The summed E-state index contributed by atoms with van der Waals surface area (Å²) in [6.07, 6.45) is -0.890. The maximum Gasteiger partial charge on any atom is 0.407 e.